The van der Waals surface area contributed by atoms with E-state index in [-0.39, 0.29) is 0 Å². The van der Waals surface area contributed by atoms with Crippen molar-refractivity contribution in [3.63, 3.8) is 0 Å². The van der Waals surface area contributed by atoms with Crippen molar-refractivity contribution in [1.82, 2.24) is 9.80 Å². The monoisotopic (exact) mass is 265 g/mol. The lowest BCUT2D eigenvalue weighted by Crippen LogP contribution is -2.37. The molecule has 0 aromatic heterocycles. The van der Waals surface area contributed by atoms with Crippen molar-refractivity contribution in [2.45, 2.75) is 26.7 Å². The molecule has 0 atom stereocenters. The predicted octanol–water partition coefficient (Wildman–Crippen LogP) is 3.03. The Morgan fingerprint density at radius 1 is 1.26 bits per heavy atom. The molecule has 0 radical (unpaired) electrons. The van der Waals surface area contributed by atoms with Gasteiger partial charge in [-0.05, 0) is 18.4 Å². The second kappa shape index (κ2) is 5.61. The Kier molecular flexibility index (Phi) is 4.58. The summed E-state index contributed by atoms with van der Waals surface area (Å²) in [5.41, 5.74) is 3.23. The van der Waals surface area contributed by atoms with Gasteiger partial charge in [0.1, 0.15) is 0 Å². The van der Waals surface area contributed by atoms with Gasteiger partial charge in [0.25, 0.3) is 0 Å². The maximum absolute atomic E-state index is 11.6. The minimum atomic E-state index is -0.432. The molecule has 4 heteroatoms. The molecule has 1 aromatic rings. The van der Waals surface area contributed by atoms with E-state index in [4.69, 9.17) is 4.74 Å². The molecule has 1 N–H and O–H groups in total. The summed E-state index contributed by atoms with van der Waals surface area (Å²) in [5, 5.41) is 2.50. The van der Waals surface area contributed by atoms with E-state index in [0.717, 1.165) is 11.3 Å². The van der Waals surface area contributed by atoms with E-state index in [2.05, 4.69) is 46.4 Å². The number of benzene rings is 1. The first-order valence-electron chi connectivity index (χ1n) is 6.53. The highest BCUT2D eigenvalue weighted by Crippen LogP contribution is 2.40. The van der Waals surface area contributed by atoms with Gasteiger partial charge in [0, 0.05) is 12.6 Å². The lowest BCUT2D eigenvalue weighted by Gasteiger charge is -2.29. The third-order valence-corrected chi connectivity index (χ3v) is 3.05. The van der Waals surface area contributed by atoms with E-state index in [1.165, 1.54) is 5.56 Å². The fourth-order valence-electron chi connectivity index (χ4n) is 2.12. The Morgan fingerprint density at radius 2 is 1.84 bits per heavy atom. The number of hydrogen-bond acceptors (Lipinski definition) is 2. The van der Waals surface area contributed by atoms with Crippen LogP contribution in [0.25, 0.3) is 0 Å². The molecule has 0 aliphatic heterocycles. The summed E-state index contributed by atoms with van der Waals surface area (Å²) < 4.78 is 6.09. The number of aryl methyl sites for hydroxylation is 1. The van der Waals surface area contributed by atoms with E-state index in [1.807, 2.05) is 13.0 Å². The number of amides is 1. The SMILES string of the molecule is CNC(=O)Oc1c(C)ccc(C(C)C)c1[N+](C)(C)C. The normalized spacial score (nSPS) is 11.6. The average molecular weight is 265 g/mol. The fourth-order valence-corrected chi connectivity index (χ4v) is 2.12. The number of hydrogen-bond donors (Lipinski definition) is 1. The maximum Gasteiger partial charge on any atom is 0.412 e. The molecule has 19 heavy (non-hydrogen) atoms. The highest BCUT2D eigenvalue weighted by Gasteiger charge is 2.27. The minimum absolute atomic E-state index is 0.375. The Balaban J connectivity index is 3.49. The number of nitrogens with zero attached hydrogens (tertiary/aromatic N) is 1. The zero-order valence-corrected chi connectivity index (χ0v) is 13.0. The summed E-state index contributed by atoms with van der Waals surface area (Å²) in [6.07, 6.45) is -0.432. The summed E-state index contributed by atoms with van der Waals surface area (Å²) in [5.74, 6) is 1.04. The average Bonchev–Trinajstić information content (AvgIpc) is 2.29. The molecule has 0 fully saturated rings. The van der Waals surface area contributed by atoms with Crippen LogP contribution in [0.4, 0.5) is 10.5 Å². The molecule has 1 rings (SSSR count). The van der Waals surface area contributed by atoms with Crippen molar-refractivity contribution in [2.75, 3.05) is 28.2 Å². The van der Waals surface area contributed by atoms with Gasteiger partial charge in [-0.3, -0.25) is 4.48 Å². The molecule has 0 heterocycles. The van der Waals surface area contributed by atoms with Crippen LogP contribution in [-0.4, -0.2) is 34.3 Å². The summed E-state index contributed by atoms with van der Waals surface area (Å²) in [6.45, 7) is 6.25. The first kappa shape index (κ1) is 15.5. The number of quaternary nitrogens is 1. The van der Waals surface area contributed by atoms with Crippen LogP contribution in [-0.2, 0) is 0 Å². The van der Waals surface area contributed by atoms with Crippen molar-refractivity contribution in [1.29, 1.82) is 0 Å². The molecule has 106 valence electrons. The second-order valence-electron chi connectivity index (χ2n) is 5.96. The maximum atomic E-state index is 11.6. The van der Waals surface area contributed by atoms with Gasteiger partial charge < -0.3 is 10.1 Å². The van der Waals surface area contributed by atoms with Gasteiger partial charge in [0.2, 0.25) is 0 Å². The Morgan fingerprint density at radius 3 is 2.26 bits per heavy atom. The van der Waals surface area contributed by atoms with E-state index in [1.54, 1.807) is 7.05 Å². The van der Waals surface area contributed by atoms with Gasteiger partial charge >= 0.3 is 6.09 Å². The predicted molar refractivity (Wildman–Crippen MR) is 79.9 cm³/mol. The zero-order chi connectivity index (χ0) is 14.8. The second-order valence-corrected chi connectivity index (χ2v) is 5.96. The first-order chi connectivity index (χ1) is 8.68. The van der Waals surface area contributed by atoms with Gasteiger partial charge in [-0.15, -0.1) is 0 Å². The van der Waals surface area contributed by atoms with Crippen molar-refractivity contribution < 1.29 is 9.53 Å². The highest BCUT2D eigenvalue weighted by molar-refractivity contribution is 5.75. The molecule has 1 amide bonds. The molecule has 0 bridgehead atoms. The molecule has 0 aliphatic carbocycles. The van der Waals surface area contributed by atoms with Crippen molar-refractivity contribution in [3.8, 4) is 5.75 Å². The molecule has 0 saturated heterocycles. The van der Waals surface area contributed by atoms with Gasteiger partial charge in [-0.1, -0.05) is 26.0 Å². The molecule has 0 saturated carbocycles. The molecular weight excluding hydrogens is 240 g/mol. The summed E-state index contributed by atoms with van der Waals surface area (Å²) in [7, 11) is 7.81. The van der Waals surface area contributed by atoms with E-state index >= 15 is 0 Å². The molecule has 0 aliphatic rings. The first-order valence-corrected chi connectivity index (χ1v) is 6.53. The molecule has 0 unspecified atom stereocenters. The number of nitrogens with one attached hydrogen (secondary N) is 1. The number of rotatable bonds is 3. The zero-order valence-electron chi connectivity index (χ0n) is 13.0. The third kappa shape index (κ3) is 3.47. The topological polar surface area (TPSA) is 38.3 Å². The van der Waals surface area contributed by atoms with Gasteiger partial charge in [-0.25, -0.2) is 4.79 Å². The minimum Gasteiger partial charge on any atom is -0.404 e. The van der Waals surface area contributed by atoms with Crippen LogP contribution < -0.4 is 14.5 Å². The van der Waals surface area contributed by atoms with Crippen molar-refractivity contribution in [2.24, 2.45) is 0 Å². The van der Waals surface area contributed by atoms with Crippen LogP contribution >= 0.6 is 0 Å². The summed E-state index contributed by atoms with van der Waals surface area (Å²) in [4.78, 5) is 11.6. The van der Waals surface area contributed by atoms with E-state index in [9.17, 15) is 4.79 Å². The quantitative estimate of drug-likeness (QED) is 0.853. The van der Waals surface area contributed by atoms with Gasteiger partial charge in [-0.2, -0.15) is 0 Å². The van der Waals surface area contributed by atoms with Gasteiger partial charge in [0.15, 0.2) is 11.4 Å². The van der Waals surface area contributed by atoms with Crippen LogP contribution in [0.3, 0.4) is 0 Å². The van der Waals surface area contributed by atoms with E-state index < -0.39 is 6.09 Å². The van der Waals surface area contributed by atoms with Gasteiger partial charge in [0.05, 0.1) is 21.1 Å². The van der Waals surface area contributed by atoms with Crippen LogP contribution in [0.1, 0.15) is 30.9 Å². The number of carbonyl (C=O) groups is 1. The summed E-state index contributed by atoms with van der Waals surface area (Å²) >= 11 is 0. The van der Waals surface area contributed by atoms with Crippen LogP contribution in [0, 0.1) is 6.92 Å². The molecule has 1 aromatic carbocycles. The molecule has 0 spiro atoms. The Hall–Kier alpha value is -1.55. The number of ether oxygens (including phenoxy) is 1. The Bertz CT molecular complexity index is 474. The number of carbonyl (C=O) groups excluding carboxylic acids is 1. The smallest absolute Gasteiger partial charge is 0.404 e. The standard InChI is InChI=1S/C15H24N2O2/c1-10(2)12-9-8-11(3)14(19-15(18)16-4)13(12)17(5,6)7/h8-10H,1-7H3/p+1. The highest BCUT2D eigenvalue weighted by atomic mass is 16.6. The van der Waals surface area contributed by atoms with Crippen molar-refractivity contribution >= 4 is 11.8 Å². The lowest BCUT2D eigenvalue weighted by atomic mass is 9.97. The molecular formula is C15H25N2O2+. The van der Waals surface area contributed by atoms with Crippen LogP contribution in [0.5, 0.6) is 5.75 Å². The molecule has 4 nitrogen and oxygen atoms in total. The van der Waals surface area contributed by atoms with Crippen LogP contribution in [0.2, 0.25) is 0 Å². The lowest BCUT2D eigenvalue weighted by molar-refractivity contribution is 0.202. The van der Waals surface area contributed by atoms with E-state index in [0.29, 0.717) is 16.2 Å². The van der Waals surface area contributed by atoms with Crippen molar-refractivity contribution in [3.05, 3.63) is 23.3 Å². The largest absolute Gasteiger partial charge is 0.412 e. The third-order valence-electron chi connectivity index (χ3n) is 3.05. The fraction of sp³-hybridized carbons (Fsp3) is 0.533. The summed E-state index contributed by atoms with van der Waals surface area (Å²) in [6, 6.07) is 4.13. The van der Waals surface area contributed by atoms with Crippen LogP contribution in [0.15, 0.2) is 12.1 Å². The Labute approximate surface area is 116 Å².